The third-order valence-electron chi connectivity index (χ3n) is 5.56. The maximum Gasteiger partial charge on any atom is 0.309 e. The highest BCUT2D eigenvalue weighted by Crippen LogP contribution is 2.19. The van der Waals surface area contributed by atoms with Crippen LogP contribution in [0, 0.1) is 5.92 Å². The van der Waals surface area contributed by atoms with Gasteiger partial charge in [-0.1, -0.05) is 12.1 Å². The number of benzene rings is 1. The first-order valence-corrected chi connectivity index (χ1v) is 11.2. The van der Waals surface area contributed by atoms with Gasteiger partial charge in [-0.25, -0.2) is 0 Å². The lowest BCUT2D eigenvalue weighted by atomic mass is 9.97. The van der Waals surface area contributed by atoms with Gasteiger partial charge in [0.1, 0.15) is 5.75 Å². The number of likely N-dealkylation sites (tertiary alicyclic amines) is 1. The van der Waals surface area contributed by atoms with Gasteiger partial charge in [-0.3, -0.25) is 14.6 Å². The Morgan fingerprint density at radius 2 is 1.81 bits per heavy atom. The molecule has 2 fully saturated rings. The van der Waals surface area contributed by atoms with E-state index in [-0.39, 0.29) is 48.4 Å². The van der Waals surface area contributed by atoms with Crippen molar-refractivity contribution in [3.05, 3.63) is 29.8 Å². The number of carbonyl (C=O) groups excluding carboxylic acids is 2. The van der Waals surface area contributed by atoms with E-state index in [0.717, 1.165) is 57.7 Å². The molecule has 1 aromatic rings. The Morgan fingerprint density at radius 1 is 1.12 bits per heavy atom. The summed E-state index contributed by atoms with van der Waals surface area (Å²) < 4.78 is 10.7. The Hall–Kier alpha value is -2.04. The van der Waals surface area contributed by atoms with Gasteiger partial charge in [0.25, 0.3) is 5.91 Å². The average Bonchev–Trinajstić information content (AvgIpc) is 3.60. The summed E-state index contributed by atoms with van der Waals surface area (Å²) in [6.45, 7) is 4.68. The number of hydrogen-bond acceptors (Lipinski definition) is 5. The Kier molecular flexibility index (Phi) is 11.1. The van der Waals surface area contributed by atoms with E-state index in [0.29, 0.717) is 18.4 Å². The van der Waals surface area contributed by atoms with E-state index in [1.807, 2.05) is 31.2 Å². The predicted molar refractivity (Wildman–Crippen MR) is 135 cm³/mol. The Bertz CT molecular complexity index is 760. The van der Waals surface area contributed by atoms with Crippen molar-refractivity contribution in [1.82, 2.24) is 15.5 Å². The Morgan fingerprint density at radius 3 is 2.41 bits per heavy atom. The zero-order valence-corrected chi connectivity index (χ0v) is 21.3. The SMILES string of the molecule is CCOC(=O)C1CCN(C(=NC)NCCc2ccc(OCC(=O)NC3CC3)cc2)CC1.I. The highest BCUT2D eigenvalue weighted by molar-refractivity contribution is 14.0. The molecule has 1 heterocycles. The number of esters is 1. The molecule has 1 amide bonds. The van der Waals surface area contributed by atoms with Gasteiger partial charge in [0.05, 0.1) is 12.5 Å². The van der Waals surface area contributed by atoms with E-state index in [2.05, 4.69) is 20.5 Å². The predicted octanol–water partition coefficient (Wildman–Crippen LogP) is 2.36. The molecule has 32 heavy (non-hydrogen) atoms. The van der Waals surface area contributed by atoms with Crippen LogP contribution >= 0.6 is 24.0 Å². The first-order valence-electron chi connectivity index (χ1n) is 11.2. The topological polar surface area (TPSA) is 92.3 Å². The van der Waals surface area contributed by atoms with Gasteiger partial charge in [-0.15, -0.1) is 24.0 Å². The van der Waals surface area contributed by atoms with Crippen LogP contribution in [0.1, 0.15) is 38.2 Å². The maximum absolute atomic E-state index is 11.9. The summed E-state index contributed by atoms with van der Waals surface area (Å²) in [5.41, 5.74) is 1.18. The lowest BCUT2D eigenvalue weighted by Gasteiger charge is -2.33. The first kappa shape index (κ1) is 26.2. The van der Waals surface area contributed by atoms with Crippen LogP contribution < -0.4 is 15.4 Å². The maximum atomic E-state index is 11.9. The van der Waals surface area contributed by atoms with Crippen molar-refractivity contribution in [1.29, 1.82) is 0 Å². The zero-order chi connectivity index (χ0) is 22.1. The molecule has 0 spiro atoms. The average molecular weight is 558 g/mol. The van der Waals surface area contributed by atoms with Crippen molar-refractivity contribution in [3.63, 3.8) is 0 Å². The smallest absolute Gasteiger partial charge is 0.309 e. The highest BCUT2D eigenvalue weighted by Gasteiger charge is 2.27. The number of piperidine rings is 1. The molecule has 0 atom stereocenters. The Balaban J connectivity index is 0.00000363. The first-order chi connectivity index (χ1) is 15.1. The van der Waals surface area contributed by atoms with Crippen LogP contribution in [0.4, 0.5) is 0 Å². The molecule has 8 nitrogen and oxygen atoms in total. The van der Waals surface area contributed by atoms with Crippen LogP contribution in [-0.2, 0) is 20.7 Å². The summed E-state index contributed by atoms with van der Waals surface area (Å²) in [5, 5.41) is 6.32. The molecule has 2 aliphatic rings. The van der Waals surface area contributed by atoms with E-state index in [1.165, 1.54) is 5.56 Å². The summed E-state index contributed by atoms with van der Waals surface area (Å²) in [6, 6.07) is 8.18. The minimum Gasteiger partial charge on any atom is -0.484 e. The van der Waals surface area contributed by atoms with E-state index in [9.17, 15) is 9.59 Å². The minimum absolute atomic E-state index is 0. The second kappa shape index (κ2) is 13.5. The largest absolute Gasteiger partial charge is 0.484 e. The number of nitrogens with one attached hydrogen (secondary N) is 2. The molecule has 1 aliphatic carbocycles. The molecule has 2 N–H and O–H groups in total. The molecule has 9 heteroatoms. The molecule has 0 bridgehead atoms. The monoisotopic (exact) mass is 558 g/mol. The molecular formula is C23H35IN4O4. The molecule has 1 aromatic carbocycles. The summed E-state index contributed by atoms with van der Waals surface area (Å²) in [5.74, 6) is 1.41. The van der Waals surface area contributed by atoms with Crippen molar-refractivity contribution in [2.45, 2.75) is 45.1 Å². The van der Waals surface area contributed by atoms with Crippen LogP contribution in [0.25, 0.3) is 0 Å². The van der Waals surface area contributed by atoms with Gasteiger partial charge in [0, 0.05) is 32.7 Å². The fourth-order valence-corrected chi connectivity index (χ4v) is 3.64. The third kappa shape index (κ3) is 8.48. The van der Waals surface area contributed by atoms with E-state index >= 15 is 0 Å². The number of halogens is 1. The fourth-order valence-electron chi connectivity index (χ4n) is 3.64. The van der Waals surface area contributed by atoms with E-state index < -0.39 is 0 Å². The Labute approximate surface area is 207 Å². The van der Waals surface area contributed by atoms with Gasteiger partial charge < -0.3 is 25.0 Å². The number of hydrogen-bond donors (Lipinski definition) is 2. The molecule has 1 saturated heterocycles. The molecule has 1 saturated carbocycles. The van der Waals surface area contributed by atoms with Crippen molar-refractivity contribution in [2.24, 2.45) is 10.9 Å². The normalized spacial score (nSPS) is 16.7. The molecule has 0 radical (unpaired) electrons. The molecular weight excluding hydrogens is 523 g/mol. The van der Waals surface area contributed by atoms with Gasteiger partial charge in [-0.2, -0.15) is 0 Å². The number of amides is 1. The lowest BCUT2D eigenvalue weighted by molar-refractivity contribution is -0.149. The van der Waals surface area contributed by atoms with Gasteiger partial charge >= 0.3 is 5.97 Å². The summed E-state index contributed by atoms with van der Waals surface area (Å²) in [7, 11) is 1.78. The van der Waals surface area contributed by atoms with Crippen molar-refractivity contribution in [3.8, 4) is 5.75 Å². The van der Waals surface area contributed by atoms with Gasteiger partial charge in [-0.05, 0) is 56.7 Å². The van der Waals surface area contributed by atoms with Crippen LogP contribution in [-0.4, -0.2) is 68.7 Å². The second-order valence-electron chi connectivity index (χ2n) is 8.01. The van der Waals surface area contributed by atoms with Crippen molar-refractivity contribution < 1.29 is 19.1 Å². The number of rotatable bonds is 9. The number of ether oxygens (including phenoxy) is 2. The number of guanidine groups is 1. The fraction of sp³-hybridized carbons (Fsp3) is 0.609. The van der Waals surface area contributed by atoms with E-state index in [4.69, 9.17) is 9.47 Å². The molecule has 0 aromatic heterocycles. The van der Waals surface area contributed by atoms with E-state index in [1.54, 1.807) is 7.05 Å². The quantitative estimate of drug-likeness (QED) is 0.209. The third-order valence-corrected chi connectivity index (χ3v) is 5.56. The zero-order valence-electron chi connectivity index (χ0n) is 19.0. The molecule has 3 rings (SSSR count). The minimum atomic E-state index is -0.0823. The van der Waals surface area contributed by atoms with Crippen molar-refractivity contribution >= 4 is 41.8 Å². The van der Waals surface area contributed by atoms with Crippen molar-refractivity contribution in [2.75, 3.05) is 39.9 Å². The van der Waals surface area contributed by atoms with Crippen LogP contribution in [0.3, 0.4) is 0 Å². The van der Waals surface area contributed by atoms with Crippen LogP contribution in [0.5, 0.6) is 5.75 Å². The second-order valence-corrected chi connectivity index (χ2v) is 8.01. The molecule has 1 aliphatic heterocycles. The summed E-state index contributed by atoms with van der Waals surface area (Å²) in [6.07, 6.45) is 4.58. The molecule has 178 valence electrons. The number of nitrogens with zero attached hydrogens (tertiary/aromatic N) is 2. The summed E-state index contributed by atoms with van der Waals surface area (Å²) >= 11 is 0. The van der Waals surface area contributed by atoms with Crippen LogP contribution in [0.15, 0.2) is 29.3 Å². The number of aliphatic imine (C=N–C) groups is 1. The molecule has 0 unspecified atom stereocenters. The highest BCUT2D eigenvalue weighted by atomic mass is 127. The standard InChI is InChI=1S/C23H34N4O4.HI/c1-3-30-22(29)18-11-14-27(15-12-18)23(24-2)25-13-10-17-4-8-20(9-5-17)31-16-21(28)26-19-6-7-19;/h4-5,8-9,18-19H,3,6-7,10-16H2,1-2H3,(H,24,25)(H,26,28);1H. The lowest BCUT2D eigenvalue weighted by Crippen LogP contribution is -2.47. The number of carbonyl (C=O) groups is 2. The summed E-state index contributed by atoms with van der Waals surface area (Å²) in [4.78, 5) is 30.2. The van der Waals surface area contributed by atoms with Gasteiger partial charge in [0.2, 0.25) is 0 Å². The van der Waals surface area contributed by atoms with Crippen LogP contribution in [0.2, 0.25) is 0 Å². The van der Waals surface area contributed by atoms with Gasteiger partial charge in [0.15, 0.2) is 12.6 Å².